The SMILES string of the molecule is Cc1cn(CCCCCCCCOc2ccc3c(C)cc(=O)oc3c2)cn1. The molecule has 0 aliphatic carbocycles. The van der Waals surface area contributed by atoms with E-state index in [9.17, 15) is 4.79 Å². The molecule has 0 spiro atoms. The van der Waals surface area contributed by atoms with Gasteiger partial charge in [0, 0.05) is 30.3 Å². The van der Waals surface area contributed by atoms with Crippen molar-refractivity contribution in [3.63, 3.8) is 0 Å². The molecule has 2 aromatic heterocycles. The maximum atomic E-state index is 11.5. The summed E-state index contributed by atoms with van der Waals surface area (Å²) in [5.41, 5.74) is 2.28. The van der Waals surface area contributed by atoms with Crippen LogP contribution in [0.5, 0.6) is 5.75 Å². The average molecular weight is 368 g/mol. The first kappa shape index (κ1) is 19.2. The van der Waals surface area contributed by atoms with E-state index >= 15 is 0 Å². The number of hydrogen-bond donors (Lipinski definition) is 0. The van der Waals surface area contributed by atoms with Gasteiger partial charge in [0.25, 0.3) is 0 Å². The molecule has 5 nitrogen and oxygen atoms in total. The summed E-state index contributed by atoms with van der Waals surface area (Å²) in [6.07, 6.45) is 11.2. The van der Waals surface area contributed by atoms with Crippen LogP contribution in [0.4, 0.5) is 0 Å². The summed E-state index contributed by atoms with van der Waals surface area (Å²) in [5, 5.41) is 0.952. The van der Waals surface area contributed by atoms with Crippen LogP contribution in [0, 0.1) is 13.8 Å². The molecule has 5 heteroatoms. The highest BCUT2D eigenvalue weighted by atomic mass is 16.5. The van der Waals surface area contributed by atoms with Crippen molar-refractivity contribution in [3.8, 4) is 5.75 Å². The van der Waals surface area contributed by atoms with Gasteiger partial charge in [-0.2, -0.15) is 0 Å². The third kappa shape index (κ3) is 5.71. The quantitative estimate of drug-likeness (QED) is 0.372. The molecule has 0 saturated heterocycles. The maximum absolute atomic E-state index is 11.5. The van der Waals surface area contributed by atoms with Crippen molar-refractivity contribution in [3.05, 3.63) is 58.5 Å². The molecule has 0 fully saturated rings. The molecule has 0 saturated carbocycles. The first-order chi connectivity index (χ1) is 13.1. The Hall–Kier alpha value is -2.56. The van der Waals surface area contributed by atoms with Gasteiger partial charge in [0.2, 0.25) is 0 Å². The predicted molar refractivity (Wildman–Crippen MR) is 107 cm³/mol. The molecule has 0 unspecified atom stereocenters. The van der Waals surface area contributed by atoms with Gasteiger partial charge in [0.05, 0.1) is 18.6 Å². The molecule has 27 heavy (non-hydrogen) atoms. The summed E-state index contributed by atoms with van der Waals surface area (Å²) in [6.45, 7) is 5.68. The number of unbranched alkanes of at least 4 members (excludes halogenated alkanes) is 5. The number of imidazole rings is 1. The van der Waals surface area contributed by atoms with Gasteiger partial charge in [-0.05, 0) is 44.4 Å². The molecule has 3 aromatic rings. The molecule has 144 valence electrons. The van der Waals surface area contributed by atoms with Crippen LogP contribution in [-0.4, -0.2) is 16.2 Å². The minimum atomic E-state index is -0.319. The van der Waals surface area contributed by atoms with Crippen LogP contribution in [0.1, 0.15) is 49.8 Å². The highest BCUT2D eigenvalue weighted by molar-refractivity contribution is 5.81. The van der Waals surface area contributed by atoms with E-state index in [0.717, 1.165) is 35.4 Å². The fourth-order valence-electron chi connectivity index (χ4n) is 3.28. The lowest BCUT2D eigenvalue weighted by atomic mass is 10.1. The largest absolute Gasteiger partial charge is 0.493 e. The second kappa shape index (κ2) is 9.40. The molecular weight excluding hydrogens is 340 g/mol. The number of aromatic nitrogens is 2. The number of rotatable bonds is 10. The Kier molecular flexibility index (Phi) is 6.69. The van der Waals surface area contributed by atoms with Crippen molar-refractivity contribution in [2.45, 2.75) is 58.9 Å². The van der Waals surface area contributed by atoms with E-state index in [1.165, 1.54) is 38.2 Å². The zero-order chi connectivity index (χ0) is 19.1. The van der Waals surface area contributed by atoms with Crippen LogP contribution < -0.4 is 10.4 Å². The van der Waals surface area contributed by atoms with Crippen LogP contribution >= 0.6 is 0 Å². The van der Waals surface area contributed by atoms with E-state index in [1.54, 1.807) is 0 Å². The van der Waals surface area contributed by atoms with Crippen LogP contribution in [0.25, 0.3) is 11.0 Å². The third-order valence-corrected chi connectivity index (χ3v) is 4.76. The molecule has 0 bridgehead atoms. The third-order valence-electron chi connectivity index (χ3n) is 4.76. The summed E-state index contributed by atoms with van der Waals surface area (Å²) in [5.74, 6) is 0.756. The van der Waals surface area contributed by atoms with E-state index in [1.807, 2.05) is 38.4 Å². The van der Waals surface area contributed by atoms with Crippen molar-refractivity contribution in [2.24, 2.45) is 0 Å². The molecule has 1 aromatic carbocycles. The summed E-state index contributed by atoms with van der Waals surface area (Å²) in [4.78, 5) is 15.7. The van der Waals surface area contributed by atoms with Gasteiger partial charge in [0.15, 0.2) is 0 Å². The van der Waals surface area contributed by atoms with Gasteiger partial charge < -0.3 is 13.7 Å². The van der Waals surface area contributed by atoms with Gasteiger partial charge in [-0.25, -0.2) is 9.78 Å². The number of hydrogen-bond acceptors (Lipinski definition) is 4. The molecule has 3 rings (SSSR count). The molecule has 2 heterocycles. The molecule has 0 N–H and O–H groups in total. The van der Waals surface area contributed by atoms with Crippen molar-refractivity contribution in [1.29, 1.82) is 0 Å². The number of ether oxygens (including phenoxy) is 1. The van der Waals surface area contributed by atoms with Crippen LogP contribution in [0.3, 0.4) is 0 Å². The Morgan fingerprint density at radius 1 is 1.04 bits per heavy atom. The molecule has 0 aliphatic rings. The lowest BCUT2D eigenvalue weighted by Crippen LogP contribution is -2.00. The number of benzene rings is 1. The van der Waals surface area contributed by atoms with E-state index < -0.39 is 0 Å². The molecular formula is C22H28N2O3. The normalized spacial score (nSPS) is 11.2. The Bertz CT molecular complexity index is 927. The lowest BCUT2D eigenvalue weighted by molar-refractivity contribution is 0.304. The standard InChI is InChI=1S/C22H28N2O3/c1-17-13-22(25)27-21-14-19(9-10-20(17)21)26-12-8-6-4-3-5-7-11-24-15-18(2)23-16-24/h9-10,13-16H,3-8,11-12H2,1-2H3. The number of nitrogens with zero attached hydrogens (tertiary/aromatic N) is 2. The van der Waals surface area contributed by atoms with E-state index in [-0.39, 0.29) is 5.63 Å². The second-order valence-corrected chi connectivity index (χ2v) is 7.13. The van der Waals surface area contributed by atoms with E-state index in [2.05, 4.69) is 15.7 Å². The van der Waals surface area contributed by atoms with Crippen LogP contribution in [0.15, 0.2) is 46.0 Å². The fourth-order valence-corrected chi connectivity index (χ4v) is 3.28. The van der Waals surface area contributed by atoms with Crippen LogP contribution in [-0.2, 0) is 6.54 Å². The van der Waals surface area contributed by atoms with Crippen molar-refractivity contribution in [1.82, 2.24) is 9.55 Å². The van der Waals surface area contributed by atoms with E-state index in [4.69, 9.17) is 9.15 Å². The molecule has 0 atom stereocenters. The second-order valence-electron chi connectivity index (χ2n) is 7.13. The summed E-state index contributed by atoms with van der Waals surface area (Å²) >= 11 is 0. The first-order valence-electron chi connectivity index (χ1n) is 9.77. The smallest absolute Gasteiger partial charge is 0.336 e. The number of aryl methyl sites for hydroxylation is 3. The minimum absolute atomic E-state index is 0.319. The monoisotopic (exact) mass is 368 g/mol. The van der Waals surface area contributed by atoms with Gasteiger partial charge in [0.1, 0.15) is 11.3 Å². The molecule has 0 radical (unpaired) electrons. The van der Waals surface area contributed by atoms with Gasteiger partial charge >= 0.3 is 5.63 Å². The lowest BCUT2D eigenvalue weighted by Gasteiger charge is -2.08. The van der Waals surface area contributed by atoms with Gasteiger partial charge in [-0.15, -0.1) is 0 Å². The number of fused-ring (bicyclic) bond motifs is 1. The molecule has 0 aliphatic heterocycles. The fraction of sp³-hybridized carbons (Fsp3) is 0.455. The van der Waals surface area contributed by atoms with Crippen molar-refractivity contribution in [2.75, 3.05) is 6.61 Å². The Morgan fingerprint density at radius 2 is 1.81 bits per heavy atom. The Balaban J connectivity index is 1.30. The van der Waals surface area contributed by atoms with Crippen LogP contribution in [0.2, 0.25) is 0 Å². The van der Waals surface area contributed by atoms with E-state index in [0.29, 0.717) is 12.2 Å². The molecule has 0 amide bonds. The average Bonchev–Trinajstić information content (AvgIpc) is 3.05. The predicted octanol–water partition coefficient (Wildman–Crippen LogP) is 5.03. The van der Waals surface area contributed by atoms with Crippen molar-refractivity contribution < 1.29 is 9.15 Å². The van der Waals surface area contributed by atoms with Crippen molar-refractivity contribution >= 4 is 11.0 Å². The topological polar surface area (TPSA) is 57.3 Å². The summed E-state index contributed by atoms with van der Waals surface area (Å²) in [6, 6.07) is 7.21. The first-order valence-corrected chi connectivity index (χ1v) is 9.77. The Labute approximate surface area is 160 Å². The highest BCUT2D eigenvalue weighted by Gasteiger charge is 2.04. The minimum Gasteiger partial charge on any atom is -0.493 e. The Morgan fingerprint density at radius 3 is 2.59 bits per heavy atom. The zero-order valence-corrected chi connectivity index (χ0v) is 16.2. The zero-order valence-electron chi connectivity index (χ0n) is 16.2. The summed E-state index contributed by atoms with van der Waals surface area (Å²) < 4.78 is 13.2. The van der Waals surface area contributed by atoms with Gasteiger partial charge in [-0.1, -0.05) is 25.7 Å². The van der Waals surface area contributed by atoms with Gasteiger partial charge in [-0.3, -0.25) is 0 Å². The summed E-state index contributed by atoms with van der Waals surface area (Å²) in [7, 11) is 0. The highest BCUT2D eigenvalue weighted by Crippen LogP contribution is 2.22. The maximum Gasteiger partial charge on any atom is 0.336 e.